The number of hydrogen-bond donors (Lipinski definition) is 2. The van der Waals surface area contributed by atoms with Gasteiger partial charge in [0, 0.05) is 10.9 Å². The van der Waals surface area contributed by atoms with Crippen molar-refractivity contribution >= 4 is 11.8 Å². The molecule has 0 aromatic heterocycles. The molecule has 0 aliphatic carbocycles. The molecule has 1 aromatic rings. The molecule has 0 bridgehead atoms. The second-order valence-corrected chi connectivity index (χ2v) is 5.84. The van der Waals surface area contributed by atoms with Gasteiger partial charge in [0.15, 0.2) is 0 Å². The fourth-order valence-corrected chi connectivity index (χ4v) is 2.65. The average Bonchev–Trinajstić information content (AvgIpc) is 2.30. The summed E-state index contributed by atoms with van der Waals surface area (Å²) in [5.74, 6) is 1.48. The first-order chi connectivity index (χ1) is 8.10. The van der Waals surface area contributed by atoms with Crippen molar-refractivity contribution in [1.29, 1.82) is 0 Å². The molecule has 1 rings (SSSR count). The minimum atomic E-state index is -0.444. The van der Waals surface area contributed by atoms with E-state index >= 15 is 0 Å². The number of aliphatic hydroxyl groups excluding tert-OH is 1. The van der Waals surface area contributed by atoms with Crippen LogP contribution < -0.4 is 5.32 Å². The van der Waals surface area contributed by atoms with Crippen molar-refractivity contribution in [3.8, 4) is 0 Å². The summed E-state index contributed by atoms with van der Waals surface area (Å²) in [6.45, 7) is 6.38. The summed E-state index contributed by atoms with van der Waals surface area (Å²) >= 11 is 1.82. The predicted octanol–water partition coefficient (Wildman–Crippen LogP) is 3.08. The van der Waals surface area contributed by atoms with Gasteiger partial charge in [-0.25, -0.2) is 0 Å². The zero-order valence-electron chi connectivity index (χ0n) is 11.1. The van der Waals surface area contributed by atoms with Gasteiger partial charge in [-0.15, -0.1) is 11.8 Å². The van der Waals surface area contributed by atoms with Crippen molar-refractivity contribution in [3.05, 3.63) is 29.8 Å². The molecule has 0 radical (unpaired) electrons. The van der Waals surface area contributed by atoms with E-state index in [9.17, 15) is 5.11 Å². The van der Waals surface area contributed by atoms with E-state index in [2.05, 4.69) is 38.2 Å². The second-order valence-electron chi connectivity index (χ2n) is 4.51. The second kappa shape index (κ2) is 7.04. The Balaban J connectivity index is 2.77. The quantitative estimate of drug-likeness (QED) is 0.764. The average molecular weight is 253 g/mol. The Hall–Kier alpha value is -0.510. The van der Waals surface area contributed by atoms with Crippen molar-refractivity contribution in [2.45, 2.75) is 37.8 Å². The normalized spacial score (nSPS) is 14.9. The lowest BCUT2D eigenvalue weighted by Crippen LogP contribution is -2.36. The molecule has 2 nitrogen and oxygen atoms in total. The van der Waals surface area contributed by atoms with Gasteiger partial charge in [0.1, 0.15) is 0 Å². The molecule has 0 amide bonds. The van der Waals surface area contributed by atoms with E-state index < -0.39 is 6.10 Å². The molecule has 17 heavy (non-hydrogen) atoms. The first kappa shape index (κ1) is 14.6. The van der Waals surface area contributed by atoms with E-state index in [1.54, 1.807) is 0 Å². The van der Waals surface area contributed by atoms with Gasteiger partial charge in [-0.2, -0.15) is 0 Å². The van der Waals surface area contributed by atoms with Crippen LogP contribution in [0.15, 0.2) is 29.2 Å². The first-order valence-corrected chi connectivity index (χ1v) is 7.16. The van der Waals surface area contributed by atoms with Crippen LogP contribution in [0.1, 0.15) is 32.4 Å². The smallest absolute Gasteiger partial charge is 0.0945 e. The highest BCUT2D eigenvalue weighted by Gasteiger charge is 2.22. The lowest BCUT2D eigenvalue weighted by Gasteiger charge is -2.26. The van der Waals surface area contributed by atoms with Crippen LogP contribution in [0.2, 0.25) is 0 Å². The van der Waals surface area contributed by atoms with E-state index in [0.29, 0.717) is 5.92 Å². The maximum absolute atomic E-state index is 10.3. The van der Waals surface area contributed by atoms with Crippen molar-refractivity contribution < 1.29 is 5.11 Å². The minimum Gasteiger partial charge on any atom is -0.387 e. The Kier molecular flexibility index (Phi) is 6.03. The number of aliphatic hydroxyl groups is 1. The van der Waals surface area contributed by atoms with Gasteiger partial charge in [0.2, 0.25) is 0 Å². The Morgan fingerprint density at radius 1 is 1.24 bits per heavy atom. The van der Waals surface area contributed by atoms with Gasteiger partial charge >= 0.3 is 0 Å². The van der Waals surface area contributed by atoms with Crippen molar-refractivity contribution in [2.75, 3.05) is 12.8 Å². The maximum Gasteiger partial charge on any atom is 0.0945 e. The monoisotopic (exact) mass is 253 g/mol. The predicted molar refractivity (Wildman–Crippen MR) is 75.5 cm³/mol. The largest absolute Gasteiger partial charge is 0.387 e. The highest BCUT2D eigenvalue weighted by Crippen LogP contribution is 2.24. The summed E-state index contributed by atoms with van der Waals surface area (Å²) in [5.41, 5.74) is 0.985. The molecule has 96 valence electrons. The molecular weight excluding hydrogens is 230 g/mol. The zero-order chi connectivity index (χ0) is 12.8. The summed E-state index contributed by atoms with van der Waals surface area (Å²) < 4.78 is 0. The van der Waals surface area contributed by atoms with E-state index in [-0.39, 0.29) is 6.04 Å². The SMILES string of the molecule is CCSc1ccc(C(O)C(NC)C(C)C)cc1. The highest BCUT2D eigenvalue weighted by atomic mass is 32.2. The summed E-state index contributed by atoms with van der Waals surface area (Å²) in [6, 6.07) is 8.31. The van der Waals surface area contributed by atoms with Crippen molar-refractivity contribution in [1.82, 2.24) is 5.32 Å². The molecule has 0 aliphatic rings. The van der Waals surface area contributed by atoms with Gasteiger partial charge in [-0.1, -0.05) is 32.9 Å². The van der Waals surface area contributed by atoms with Gasteiger partial charge in [0.25, 0.3) is 0 Å². The van der Waals surface area contributed by atoms with Gasteiger partial charge < -0.3 is 10.4 Å². The maximum atomic E-state index is 10.3. The summed E-state index contributed by atoms with van der Waals surface area (Å²) in [5, 5.41) is 13.5. The molecular formula is C14H23NOS. The van der Waals surface area contributed by atoms with Crippen molar-refractivity contribution in [2.24, 2.45) is 5.92 Å². The molecule has 0 saturated carbocycles. The fourth-order valence-electron chi connectivity index (χ4n) is 1.99. The lowest BCUT2D eigenvalue weighted by atomic mass is 9.94. The molecule has 2 unspecified atom stereocenters. The van der Waals surface area contributed by atoms with E-state index in [1.807, 2.05) is 30.9 Å². The van der Waals surface area contributed by atoms with Crippen LogP contribution in [-0.2, 0) is 0 Å². The molecule has 0 fully saturated rings. The van der Waals surface area contributed by atoms with Gasteiger partial charge in [-0.05, 0) is 36.4 Å². The molecule has 2 atom stereocenters. The number of thioether (sulfide) groups is 1. The zero-order valence-corrected chi connectivity index (χ0v) is 11.9. The summed E-state index contributed by atoms with van der Waals surface area (Å²) in [4.78, 5) is 1.26. The Morgan fingerprint density at radius 3 is 2.24 bits per heavy atom. The van der Waals surface area contributed by atoms with Crippen LogP contribution in [0, 0.1) is 5.92 Å². The Labute approximate surface area is 109 Å². The minimum absolute atomic E-state index is 0.0969. The van der Waals surface area contributed by atoms with Crippen LogP contribution >= 0.6 is 11.8 Å². The Morgan fingerprint density at radius 2 is 1.82 bits per heavy atom. The van der Waals surface area contributed by atoms with E-state index in [1.165, 1.54) is 4.90 Å². The third kappa shape index (κ3) is 4.02. The fraction of sp³-hybridized carbons (Fsp3) is 0.571. The van der Waals surface area contributed by atoms with Crippen LogP contribution in [-0.4, -0.2) is 23.9 Å². The van der Waals surface area contributed by atoms with Gasteiger partial charge in [-0.3, -0.25) is 0 Å². The summed E-state index contributed by atoms with van der Waals surface area (Å²) in [7, 11) is 1.90. The number of benzene rings is 1. The standard InChI is InChI=1S/C14H23NOS/c1-5-17-12-8-6-11(7-9-12)14(16)13(15-4)10(2)3/h6-10,13-16H,5H2,1-4H3. The number of likely N-dealkylation sites (N-methyl/N-ethyl adjacent to an activating group) is 1. The van der Waals surface area contributed by atoms with Gasteiger partial charge in [0.05, 0.1) is 6.10 Å². The number of rotatable bonds is 6. The number of hydrogen-bond acceptors (Lipinski definition) is 3. The molecule has 0 saturated heterocycles. The van der Waals surface area contributed by atoms with E-state index in [4.69, 9.17) is 0 Å². The van der Waals surface area contributed by atoms with Crippen LogP contribution in [0.4, 0.5) is 0 Å². The van der Waals surface area contributed by atoms with Crippen LogP contribution in [0.25, 0.3) is 0 Å². The van der Waals surface area contributed by atoms with Crippen LogP contribution in [0.5, 0.6) is 0 Å². The summed E-state index contributed by atoms with van der Waals surface area (Å²) in [6.07, 6.45) is -0.444. The van der Waals surface area contributed by atoms with E-state index in [0.717, 1.165) is 11.3 Å². The molecule has 0 spiro atoms. The highest BCUT2D eigenvalue weighted by molar-refractivity contribution is 7.99. The van der Waals surface area contributed by atoms with Crippen molar-refractivity contribution in [3.63, 3.8) is 0 Å². The molecule has 0 aliphatic heterocycles. The molecule has 0 heterocycles. The molecule has 1 aromatic carbocycles. The lowest BCUT2D eigenvalue weighted by molar-refractivity contribution is 0.110. The number of nitrogens with one attached hydrogen (secondary N) is 1. The molecule has 2 N–H and O–H groups in total. The van der Waals surface area contributed by atoms with Crippen LogP contribution in [0.3, 0.4) is 0 Å². The Bertz CT molecular complexity index is 323. The first-order valence-electron chi connectivity index (χ1n) is 6.18. The molecule has 3 heteroatoms. The third-order valence-electron chi connectivity index (χ3n) is 2.92. The third-order valence-corrected chi connectivity index (χ3v) is 3.82. The topological polar surface area (TPSA) is 32.3 Å².